The lowest BCUT2D eigenvalue weighted by molar-refractivity contribution is 0.0636. The van der Waals surface area contributed by atoms with E-state index >= 15 is 0 Å². The molecule has 2 aromatic rings. The van der Waals surface area contributed by atoms with E-state index in [2.05, 4.69) is 30.6 Å². The van der Waals surface area contributed by atoms with E-state index in [0.29, 0.717) is 5.69 Å². The van der Waals surface area contributed by atoms with E-state index in [-0.39, 0.29) is 0 Å². The molecule has 0 heterocycles. The minimum Gasteiger partial charge on any atom is -0.444 e. The second-order valence-corrected chi connectivity index (χ2v) is 6.81. The molecule has 0 radical (unpaired) electrons. The summed E-state index contributed by atoms with van der Waals surface area (Å²) in [5.41, 5.74) is 6.37. The summed E-state index contributed by atoms with van der Waals surface area (Å²) < 4.78 is 5.11. The van der Waals surface area contributed by atoms with E-state index in [0.717, 1.165) is 15.5 Å². The summed E-state index contributed by atoms with van der Waals surface area (Å²) in [6.45, 7) is 5.46. The highest BCUT2D eigenvalue weighted by molar-refractivity contribution is 7.80. The SMILES string of the molecule is CC(C)(C)OC(=O)Nc1cccc(S)c1.Nc1cccc(S)c1. The van der Waals surface area contributed by atoms with Gasteiger partial charge in [-0.1, -0.05) is 12.1 Å². The maximum Gasteiger partial charge on any atom is 0.412 e. The number of nitrogens with two attached hydrogens (primary N) is 1. The zero-order valence-electron chi connectivity index (χ0n) is 13.4. The summed E-state index contributed by atoms with van der Waals surface area (Å²) in [5, 5.41) is 2.63. The van der Waals surface area contributed by atoms with E-state index in [9.17, 15) is 4.79 Å². The molecular formula is C17H22N2O2S2. The summed E-state index contributed by atoms with van der Waals surface area (Å²) in [5.74, 6) is 0. The van der Waals surface area contributed by atoms with Crippen molar-refractivity contribution >= 4 is 42.7 Å². The predicted molar refractivity (Wildman–Crippen MR) is 102 cm³/mol. The lowest BCUT2D eigenvalue weighted by Crippen LogP contribution is -2.27. The zero-order chi connectivity index (χ0) is 17.5. The van der Waals surface area contributed by atoms with Crippen LogP contribution in [0, 0.1) is 0 Å². The first-order valence-electron chi connectivity index (χ1n) is 6.99. The maximum atomic E-state index is 11.4. The van der Waals surface area contributed by atoms with E-state index in [4.69, 9.17) is 10.5 Å². The van der Waals surface area contributed by atoms with Gasteiger partial charge in [0, 0.05) is 21.2 Å². The van der Waals surface area contributed by atoms with Crippen LogP contribution in [0.3, 0.4) is 0 Å². The third-order valence-corrected chi connectivity index (χ3v) is 2.92. The molecule has 0 saturated carbocycles. The number of hydrogen-bond donors (Lipinski definition) is 4. The molecule has 124 valence electrons. The Bertz CT molecular complexity index is 638. The van der Waals surface area contributed by atoms with Gasteiger partial charge in [0.15, 0.2) is 0 Å². The van der Waals surface area contributed by atoms with Crippen LogP contribution in [0.4, 0.5) is 16.2 Å². The van der Waals surface area contributed by atoms with E-state index in [1.54, 1.807) is 12.1 Å². The Balaban J connectivity index is 0.000000277. The van der Waals surface area contributed by atoms with Crippen LogP contribution in [-0.4, -0.2) is 11.7 Å². The molecule has 0 spiro atoms. The van der Waals surface area contributed by atoms with Gasteiger partial charge in [-0.05, 0) is 57.2 Å². The van der Waals surface area contributed by atoms with Gasteiger partial charge >= 0.3 is 6.09 Å². The molecule has 0 fully saturated rings. The summed E-state index contributed by atoms with van der Waals surface area (Å²) >= 11 is 8.24. The Kier molecular flexibility index (Phi) is 7.32. The van der Waals surface area contributed by atoms with Crippen LogP contribution in [0.25, 0.3) is 0 Å². The van der Waals surface area contributed by atoms with Crippen molar-refractivity contribution in [2.45, 2.75) is 36.2 Å². The minimum absolute atomic E-state index is 0.457. The third-order valence-electron chi connectivity index (χ3n) is 2.36. The van der Waals surface area contributed by atoms with Gasteiger partial charge in [-0.25, -0.2) is 4.79 Å². The average molecular weight is 351 g/mol. The molecule has 2 rings (SSSR count). The molecule has 2 aromatic carbocycles. The number of amides is 1. The quantitative estimate of drug-likeness (QED) is 0.438. The maximum absolute atomic E-state index is 11.4. The second kappa shape index (κ2) is 8.74. The number of carbonyl (C=O) groups is 1. The number of benzene rings is 2. The number of nitrogens with one attached hydrogen (secondary N) is 1. The van der Waals surface area contributed by atoms with E-state index < -0.39 is 11.7 Å². The first-order valence-corrected chi connectivity index (χ1v) is 7.89. The molecule has 3 N–H and O–H groups in total. The van der Waals surface area contributed by atoms with Gasteiger partial charge in [-0.2, -0.15) is 0 Å². The minimum atomic E-state index is -0.483. The number of thiol groups is 2. The van der Waals surface area contributed by atoms with Crippen molar-refractivity contribution in [1.82, 2.24) is 0 Å². The first kappa shape index (κ1) is 19.3. The highest BCUT2D eigenvalue weighted by atomic mass is 32.1. The summed E-state index contributed by atoms with van der Waals surface area (Å²) in [7, 11) is 0. The zero-order valence-corrected chi connectivity index (χ0v) is 15.2. The Morgan fingerprint density at radius 3 is 2.04 bits per heavy atom. The van der Waals surface area contributed by atoms with Gasteiger partial charge in [0.05, 0.1) is 0 Å². The van der Waals surface area contributed by atoms with Crippen LogP contribution in [0.1, 0.15) is 20.8 Å². The van der Waals surface area contributed by atoms with Crippen molar-refractivity contribution in [3.05, 3.63) is 48.5 Å². The Hall–Kier alpha value is -1.79. The van der Waals surface area contributed by atoms with E-state index in [1.165, 1.54) is 0 Å². The lowest BCUT2D eigenvalue weighted by atomic mass is 10.2. The van der Waals surface area contributed by atoms with Crippen LogP contribution < -0.4 is 11.1 Å². The molecule has 23 heavy (non-hydrogen) atoms. The summed E-state index contributed by atoms with van der Waals surface area (Å²) in [6, 6.07) is 14.6. The molecule has 0 unspecified atom stereocenters. The fraction of sp³-hybridized carbons (Fsp3) is 0.235. The van der Waals surface area contributed by atoms with Crippen molar-refractivity contribution in [3.8, 4) is 0 Å². The highest BCUT2D eigenvalue weighted by Crippen LogP contribution is 2.15. The third kappa shape index (κ3) is 9.05. The van der Waals surface area contributed by atoms with Crippen LogP contribution in [0.5, 0.6) is 0 Å². The molecule has 6 heteroatoms. The van der Waals surface area contributed by atoms with Crippen LogP contribution >= 0.6 is 25.3 Å². The van der Waals surface area contributed by atoms with Gasteiger partial charge in [0.25, 0.3) is 0 Å². The molecule has 0 aromatic heterocycles. The summed E-state index contributed by atoms with van der Waals surface area (Å²) in [6.07, 6.45) is -0.457. The van der Waals surface area contributed by atoms with Crippen LogP contribution in [0.2, 0.25) is 0 Å². The molecule has 4 nitrogen and oxygen atoms in total. The van der Waals surface area contributed by atoms with Gasteiger partial charge in [-0.3, -0.25) is 5.32 Å². The standard InChI is InChI=1S/C11H15NO2S.C6H7NS/c1-11(2,3)14-10(13)12-8-5-4-6-9(15)7-8;7-5-2-1-3-6(8)4-5/h4-7,15H,1-3H3,(H,12,13);1-4,8H,7H2. The van der Waals surface area contributed by atoms with E-state index in [1.807, 2.05) is 57.2 Å². The van der Waals surface area contributed by atoms with Crippen molar-refractivity contribution in [1.29, 1.82) is 0 Å². The van der Waals surface area contributed by atoms with Crippen LogP contribution in [-0.2, 0) is 4.74 Å². The lowest BCUT2D eigenvalue weighted by Gasteiger charge is -2.19. The fourth-order valence-corrected chi connectivity index (χ4v) is 1.99. The monoisotopic (exact) mass is 350 g/mol. The number of ether oxygens (including phenoxy) is 1. The molecule has 0 saturated heterocycles. The number of nitrogen functional groups attached to an aromatic ring is 1. The molecule has 0 aliphatic heterocycles. The number of anilines is 2. The highest BCUT2D eigenvalue weighted by Gasteiger charge is 2.15. The Morgan fingerprint density at radius 1 is 1.04 bits per heavy atom. The van der Waals surface area contributed by atoms with Gasteiger partial charge < -0.3 is 10.5 Å². The Labute approximate surface area is 148 Å². The molecule has 0 bridgehead atoms. The second-order valence-electron chi connectivity index (χ2n) is 5.77. The first-order chi connectivity index (χ1) is 10.7. The fourth-order valence-electron chi connectivity index (χ4n) is 1.53. The largest absolute Gasteiger partial charge is 0.444 e. The number of hydrogen-bond acceptors (Lipinski definition) is 5. The molecule has 0 atom stereocenters. The molecule has 0 aliphatic carbocycles. The normalized spacial score (nSPS) is 10.3. The molecule has 0 aliphatic rings. The van der Waals surface area contributed by atoms with Gasteiger partial charge in [0.2, 0.25) is 0 Å². The Morgan fingerprint density at radius 2 is 1.61 bits per heavy atom. The van der Waals surface area contributed by atoms with Crippen molar-refractivity contribution in [2.24, 2.45) is 0 Å². The predicted octanol–water partition coefficient (Wildman–Crippen LogP) is 4.88. The number of rotatable bonds is 1. The van der Waals surface area contributed by atoms with Gasteiger partial charge in [-0.15, -0.1) is 25.3 Å². The smallest absolute Gasteiger partial charge is 0.412 e. The van der Waals surface area contributed by atoms with Gasteiger partial charge in [0.1, 0.15) is 5.60 Å². The topological polar surface area (TPSA) is 64.3 Å². The molecular weight excluding hydrogens is 328 g/mol. The summed E-state index contributed by atoms with van der Waals surface area (Å²) in [4.78, 5) is 13.1. The van der Waals surface area contributed by atoms with Crippen molar-refractivity contribution < 1.29 is 9.53 Å². The van der Waals surface area contributed by atoms with Crippen LogP contribution in [0.15, 0.2) is 58.3 Å². The molecule has 1 amide bonds. The van der Waals surface area contributed by atoms with Crippen molar-refractivity contribution in [3.63, 3.8) is 0 Å². The van der Waals surface area contributed by atoms with Crippen molar-refractivity contribution in [2.75, 3.05) is 11.1 Å². The average Bonchev–Trinajstić information content (AvgIpc) is 2.36. The number of carbonyl (C=O) groups excluding carboxylic acids is 1.